The van der Waals surface area contributed by atoms with Crippen molar-refractivity contribution in [1.82, 2.24) is 5.32 Å². The lowest BCUT2D eigenvalue weighted by atomic mass is 9.87. The van der Waals surface area contributed by atoms with Gasteiger partial charge >= 0.3 is 6.18 Å². The summed E-state index contributed by atoms with van der Waals surface area (Å²) in [5.74, 6) is -1.21. The third-order valence-corrected chi connectivity index (χ3v) is 3.09. The molecule has 1 saturated carbocycles. The Morgan fingerprint density at radius 2 is 1.86 bits per heavy atom. The molecule has 1 aliphatic rings. The summed E-state index contributed by atoms with van der Waals surface area (Å²) in [4.78, 5) is 0. The maximum Gasteiger partial charge on any atom is 0.392 e. The molecule has 0 aromatic heterocycles. The zero-order valence-electron chi connectivity index (χ0n) is 8.53. The normalized spacial score (nSPS) is 21.4. The van der Waals surface area contributed by atoms with Crippen LogP contribution in [0.5, 0.6) is 0 Å². The maximum absolute atomic E-state index is 12.7. The van der Waals surface area contributed by atoms with Gasteiger partial charge in [0.05, 0.1) is 5.92 Å². The summed E-state index contributed by atoms with van der Waals surface area (Å²) < 4.78 is 38.0. The number of alkyl halides is 3. The van der Waals surface area contributed by atoms with Gasteiger partial charge in [0.2, 0.25) is 0 Å². The first-order valence-electron chi connectivity index (χ1n) is 5.27. The third kappa shape index (κ3) is 3.15. The van der Waals surface area contributed by atoms with Gasteiger partial charge in [-0.25, -0.2) is 0 Å². The minimum absolute atomic E-state index is 0.122. The monoisotopic (exact) mass is 209 g/mol. The molecule has 1 atom stereocenters. The van der Waals surface area contributed by atoms with E-state index in [1.165, 1.54) is 0 Å². The average molecular weight is 209 g/mol. The predicted molar refractivity (Wildman–Crippen MR) is 50.0 cm³/mol. The van der Waals surface area contributed by atoms with Gasteiger partial charge in [0.25, 0.3) is 0 Å². The van der Waals surface area contributed by atoms with Crippen LogP contribution in [-0.2, 0) is 0 Å². The molecule has 1 N–H and O–H groups in total. The highest BCUT2D eigenvalue weighted by Crippen LogP contribution is 2.42. The van der Waals surface area contributed by atoms with Crippen molar-refractivity contribution in [2.45, 2.75) is 38.3 Å². The molecule has 0 bridgehead atoms. The van der Waals surface area contributed by atoms with Crippen LogP contribution in [-0.4, -0.2) is 19.8 Å². The summed E-state index contributed by atoms with van der Waals surface area (Å²) >= 11 is 0. The fourth-order valence-electron chi connectivity index (χ4n) is 2.33. The Balaban J connectivity index is 2.51. The summed E-state index contributed by atoms with van der Waals surface area (Å²) in [7, 11) is 1.70. The molecule has 4 heteroatoms. The molecule has 1 fully saturated rings. The van der Waals surface area contributed by atoms with Crippen molar-refractivity contribution in [2.24, 2.45) is 11.8 Å². The summed E-state index contributed by atoms with van der Waals surface area (Å²) in [6.07, 6.45) is -0.327. The Kier molecular flexibility index (Phi) is 4.23. The van der Waals surface area contributed by atoms with Gasteiger partial charge in [-0.3, -0.25) is 0 Å². The van der Waals surface area contributed by atoms with E-state index in [1.807, 2.05) is 0 Å². The van der Waals surface area contributed by atoms with E-state index in [1.54, 1.807) is 7.05 Å². The summed E-state index contributed by atoms with van der Waals surface area (Å²) in [5, 5.41) is 2.79. The van der Waals surface area contributed by atoms with Crippen LogP contribution in [0.2, 0.25) is 0 Å². The number of nitrogens with one attached hydrogen (secondary N) is 1. The van der Waals surface area contributed by atoms with E-state index in [-0.39, 0.29) is 12.3 Å². The molecule has 0 aromatic carbocycles. The van der Waals surface area contributed by atoms with Gasteiger partial charge in [0.1, 0.15) is 0 Å². The molecule has 0 aliphatic heterocycles. The van der Waals surface area contributed by atoms with E-state index in [2.05, 4.69) is 5.32 Å². The van der Waals surface area contributed by atoms with E-state index >= 15 is 0 Å². The Morgan fingerprint density at radius 1 is 1.29 bits per heavy atom. The highest BCUT2D eigenvalue weighted by Gasteiger charge is 2.44. The molecule has 1 rings (SSSR count). The van der Waals surface area contributed by atoms with Crippen molar-refractivity contribution in [3.05, 3.63) is 0 Å². The van der Waals surface area contributed by atoms with E-state index < -0.39 is 12.1 Å². The lowest BCUT2D eigenvalue weighted by Gasteiger charge is -2.25. The van der Waals surface area contributed by atoms with E-state index in [9.17, 15) is 13.2 Å². The first-order valence-corrected chi connectivity index (χ1v) is 5.27. The molecule has 1 unspecified atom stereocenters. The highest BCUT2D eigenvalue weighted by molar-refractivity contribution is 4.80. The van der Waals surface area contributed by atoms with Gasteiger partial charge in [0.15, 0.2) is 0 Å². The molecule has 0 amide bonds. The van der Waals surface area contributed by atoms with Gasteiger partial charge in [-0.2, -0.15) is 13.2 Å². The standard InChI is InChI=1S/C10H18F3N/c1-14-7-6-9(10(11,12)13)8-4-2-3-5-8/h8-9,14H,2-7H2,1H3. The second-order valence-corrected chi connectivity index (χ2v) is 4.08. The summed E-state index contributed by atoms with van der Waals surface area (Å²) in [6.45, 7) is 0.459. The van der Waals surface area contributed by atoms with Crippen molar-refractivity contribution < 1.29 is 13.2 Å². The van der Waals surface area contributed by atoms with Crippen LogP contribution < -0.4 is 5.32 Å². The van der Waals surface area contributed by atoms with Crippen molar-refractivity contribution in [3.8, 4) is 0 Å². The second-order valence-electron chi connectivity index (χ2n) is 4.08. The summed E-state index contributed by atoms with van der Waals surface area (Å²) in [6, 6.07) is 0. The van der Waals surface area contributed by atoms with Gasteiger partial charge in [-0.05, 0) is 38.8 Å². The van der Waals surface area contributed by atoms with Crippen LogP contribution in [0.4, 0.5) is 13.2 Å². The average Bonchev–Trinajstić information content (AvgIpc) is 2.55. The van der Waals surface area contributed by atoms with Crippen molar-refractivity contribution in [3.63, 3.8) is 0 Å². The van der Waals surface area contributed by atoms with Crippen LogP contribution in [0.1, 0.15) is 32.1 Å². The quantitative estimate of drug-likeness (QED) is 0.750. The highest BCUT2D eigenvalue weighted by atomic mass is 19.4. The van der Waals surface area contributed by atoms with Gasteiger partial charge in [-0.15, -0.1) is 0 Å². The van der Waals surface area contributed by atoms with Gasteiger partial charge in [-0.1, -0.05) is 12.8 Å². The zero-order valence-corrected chi connectivity index (χ0v) is 8.53. The molecule has 0 heterocycles. The Bertz CT molecular complexity index is 161. The maximum atomic E-state index is 12.7. The third-order valence-electron chi connectivity index (χ3n) is 3.09. The Labute approximate surface area is 83.1 Å². The van der Waals surface area contributed by atoms with Crippen LogP contribution >= 0.6 is 0 Å². The number of halogens is 3. The predicted octanol–water partition coefficient (Wildman–Crippen LogP) is 2.96. The lowest BCUT2D eigenvalue weighted by Crippen LogP contribution is -2.31. The van der Waals surface area contributed by atoms with Gasteiger partial charge < -0.3 is 5.32 Å². The molecular weight excluding hydrogens is 191 g/mol. The minimum Gasteiger partial charge on any atom is -0.320 e. The van der Waals surface area contributed by atoms with E-state index in [0.717, 1.165) is 25.7 Å². The van der Waals surface area contributed by atoms with Crippen molar-refractivity contribution in [2.75, 3.05) is 13.6 Å². The number of rotatable bonds is 4. The number of hydrogen-bond acceptors (Lipinski definition) is 1. The SMILES string of the molecule is CNCCC(C1CCCC1)C(F)(F)F. The van der Waals surface area contributed by atoms with E-state index in [0.29, 0.717) is 6.54 Å². The van der Waals surface area contributed by atoms with Crippen LogP contribution in [0, 0.1) is 11.8 Å². The van der Waals surface area contributed by atoms with Crippen LogP contribution in [0.15, 0.2) is 0 Å². The lowest BCUT2D eigenvalue weighted by molar-refractivity contribution is -0.189. The van der Waals surface area contributed by atoms with Crippen molar-refractivity contribution >= 4 is 0 Å². The largest absolute Gasteiger partial charge is 0.392 e. The first kappa shape index (κ1) is 11.8. The Hall–Kier alpha value is -0.250. The molecule has 1 nitrogen and oxygen atoms in total. The number of hydrogen-bond donors (Lipinski definition) is 1. The van der Waals surface area contributed by atoms with E-state index in [4.69, 9.17) is 0 Å². The molecule has 0 aromatic rings. The summed E-state index contributed by atoms with van der Waals surface area (Å²) in [5.41, 5.74) is 0. The molecule has 1 aliphatic carbocycles. The fraction of sp³-hybridized carbons (Fsp3) is 1.00. The topological polar surface area (TPSA) is 12.0 Å². The first-order chi connectivity index (χ1) is 6.55. The molecule has 0 saturated heterocycles. The molecule has 84 valence electrons. The molecule has 14 heavy (non-hydrogen) atoms. The van der Waals surface area contributed by atoms with Crippen molar-refractivity contribution in [1.29, 1.82) is 0 Å². The second kappa shape index (κ2) is 5.01. The molecular formula is C10H18F3N. The fourth-order valence-corrected chi connectivity index (χ4v) is 2.33. The smallest absolute Gasteiger partial charge is 0.320 e. The van der Waals surface area contributed by atoms with Gasteiger partial charge in [0, 0.05) is 0 Å². The van der Waals surface area contributed by atoms with Crippen LogP contribution in [0.25, 0.3) is 0 Å². The molecule has 0 radical (unpaired) electrons. The van der Waals surface area contributed by atoms with Crippen LogP contribution in [0.3, 0.4) is 0 Å². The zero-order chi connectivity index (χ0) is 10.6. The molecule has 0 spiro atoms. The minimum atomic E-state index is -4.01. The Morgan fingerprint density at radius 3 is 2.29 bits per heavy atom.